The zero-order chi connectivity index (χ0) is 20.1. The number of hydrogen-bond donors (Lipinski definition) is 2. The van der Waals surface area contributed by atoms with E-state index in [-0.39, 0.29) is 5.91 Å². The molecule has 0 aliphatic carbocycles. The van der Waals surface area contributed by atoms with E-state index in [1.807, 2.05) is 31.2 Å². The average Bonchev–Trinajstić information content (AvgIpc) is 2.71. The van der Waals surface area contributed by atoms with E-state index >= 15 is 0 Å². The van der Waals surface area contributed by atoms with Gasteiger partial charge >= 0.3 is 0 Å². The minimum Gasteiger partial charge on any atom is -0.495 e. The van der Waals surface area contributed by atoms with Gasteiger partial charge < -0.3 is 20.1 Å². The standard InChI is InChI=1S/C20H19ClN4O3/c1-12-8-16(18(28-3)9-14(12)21)24-19(26)13-10-22-20(23-11-13)25-15-6-4-5-7-17(15)27-2/h4-11H,1-3H3,(H,24,26)(H,22,23,25). The lowest BCUT2D eigenvalue weighted by molar-refractivity contribution is 0.102. The third-order valence-electron chi connectivity index (χ3n) is 4.00. The Morgan fingerprint density at radius 3 is 2.36 bits per heavy atom. The molecule has 28 heavy (non-hydrogen) atoms. The van der Waals surface area contributed by atoms with Crippen LogP contribution in [0.4, 0.5) is 17.3 Å². The summed E-state index contributed by atoms with van der Waals surface area (Å²) in [7, 11) is 3.10. The molecule has 1 aromatic heterocycles. The fourth-order valence-corrected chi connectivity index (χ4v) is 2.66. The smallest absolute Gasteiger partial charge is 0.258 e. The van der Waals surface area contributed by atoms with Crippen molar-refractivity contribution in [2.24, 2.45) is 0 Å². The monoisotopic (exact) mass is 398 g/mol. The molecule has 3 rings (SSSR count). The lowest BCUT2D eigenvalue weighted by Gasteiger charge is -2.12. The normalized spacial score (nSPS) is 10.3. The molecule has 0 bridgehead atoms. The van der Waals surface area contributed by atoms with Gasteiger partial charge in [0.15, 0.2) is 0 Å². The molecule has 0 aliphatic rings. The minimum absolute atomic E-state index is 0.306. The van der Waals surface area contributed by atoms with Crippen LogP contribution in [0.25, 0.3) is 0 Å². The summed E-state index contributed by atoms with van der Waals surface area (Å²) in [4.78, 5) is 20.9. The molecule has 144 valence electrons. The Morgan fingerprint density at radius 1 is 1.00 bits per heavy atom. The summed E-state index contributed by atoms with van der Waals surface area (Å²) < 4.78 is 10.6. The van der Waals surface area contributed by atoms with Crippen LogP contribution in [0.3, 0.4) is 0 Å². The molecule has 0 unspecified atom stereocenters. The molecule has 2 N–H and O–H groups in total. The third-order valence-corrected chi connectivity index (χ3v) is 4.40. The first kappa shape index (κ1) is 19.4. The summed E-state index contributed by atoms with van der Waals surface area (Å²) in [6, 6.07) is 10.8. The number of benzene rings is 2. The maximum Gasteiger partial charge on any atom is 0.258 e. The summed E-state index contributed by atoms with van der Waals surface area (Å²) in [5.74, 6) is 1.13. The fourth-order valence-electron chi connectivity index (χ4n) is 2.50. The van der Waals surface area contributed by atoms with Gasteiger partial charge in [0.2, 0.25) is 5.95 Å². The van der Waals surface area contributed by atoms with Gasteiger partial charge in [0, 0.05) is 23.5 Å². The highest BCUT2D eigenvalue weighted by atomic mass is 35.5. The fraction of sp³-hybridized carbons (Fsp3) is 0.150. The molecule has 2 aromatic carbocycles. The number of halogens is 1. The largest absolute Gasteiger partial charge is 0.495 e. The second-order valence-electron chi connectivity index (χ2n) is 5.88. The highest BCUT2D eigenvalue weighted by molar-refractivity contribution is 6.31. The van der Waals surface area contributed by atoms with Gasteiger partial charge in [-0.3, -0.25) is 4.79 Å². The van der Waals surface area contributed by atoms with E-state index in [1.54, 1.807) is 19.2 Å². The van der Waals surface area contributed by atoms with Crippen LogP contribution in [0.2, 0.25) is 5.02 Å². The number of ether oxygens (including phenoxy) is 2. The van der Waals surface area contributed by atoms with Crippen LogP contribution in [0.1, 0.15) is 15.9 Å². The van der Waals surface area contributed by atoms with Crippen molar-refractivity contribution < 1.29 is 14.3 Å². The van der Waals surface area contributed by atoms with Crippen molar-refractivity contribution in [3.05, 3.63) is 64.9 Å². The van der Waals surface area contributed by atoms with Gasteiger partial charge in [-0.2, -0.15) is 0 Å². The molecule has 0 spiro atoms. The number of methoxy groups -OCH3 is 2. The van der Waals surface area contributed by atoms with E-state index in [0.29, 0.717) is 33.7 Å². The van der Waals surface area contributed by atoms with Gasteiger partial charge in [0.25, 0.3) is 5.91 Å². The Bertz CT molecular complexity index is 993. The number of amides is 1. The van der Waals surface area contributed by atoms with Gasteiger partial charge in [0.05, 0.1) is 31.2 Å². The van der Waals surface area contributed by atoms with E-state index in [0.717, 1.165) is 11.3 Å². The van der Waals surface area contributed by atoms with Crippen LogP contribution in [0.15, 0.2) is 48.8 Å². The van der Waals surface area contributed by atoms with Crippen LogP contribution in [0, 0.1) is 6.92 Å². The Kier molecular flexibility index (Phi) is 5.96. The molecule has 3 aromatic rings. The maximum atomic E-state index is 12.5. The molecule has 0 radical (unpaired) electrons. The molecule has 1 amide bonds. The highest BCUT2D eigenvalue weighted by Gasteiger charge is 2.13. The predicted octanol–water partition coefficient (Wildman–Crippen LogP) is 4.45. The average molecular weight is 399 g/mol. The maximum absolute atomic E-state index is 12.5. The van der Waals surface area contributed by atoms with E-state index < -0.39 is 0 Å². The molecule has 1 heterocycles. The number of rotatable bonds is 6. The van der Waals surface area contributed by atoms with Crippen LogP contribution in [-0.2, 0) is 0 Å². The summed E-state index contributed by atoms with van der Waals surface area (Å²) in [5, 5.41) is 6.41. The third kappa shape index (κ3) is 4.32. The second kappa shape index (κ2) is 8.58. The van der Waals surface area contributed by atoms with Gasteiger partial charge in [-0.1, -0.05) is 23.7 Å². The summed E-state index contributed by atoms with van der Waals surface area (Å²) in [6.45, 7) is 1.85. The summed E-state index contributed by atoms with van der Waals surface area (Å²) in [6.07, 6.45) is 2.88. The number of nitrogens with one attached hydrogen (secondary N) is 2. The zero-order valence-electron chi connectivity index (χ0n) is 15.6. The molecule has 0 fully saturated rings. The molecule has 0 atom stereocenters. The Morgan fingerprint density at radius 2 is 1.68 bits per heavy atom. The SMILES string of the molecule is COc1cc(Cl)c(C)cc1NC(=O)c1cnc(Nc2ccccc2OC)nc1. The van der Waals surface area contributed by atoms with E-state index in [4.69, 9.17) is 21.1 Å². The van der Waals surface area contributed by atoms with E-state index in [2.05, 4.69) is 20.6 Å². The number of carbonyl (C=O) groups is 1. The van der Waals surface area contributed by atoms with Crippen molar-refractivity contribution in [1.29, 1.82) is 0 Å². The van der Waals surface area contributed by atoms with Gasteiger partial charge in [-0.15, -0.1) is 0 Å². The number of hydrogen-bond acceptors (Lipinski definition) is 6. The van der Waals surface area contributed by atoms with Crippen LogP contribution in [-0.4, -0.2) is 30.1 Å². The molecule has 7 nitrogen and oxygen atoms in total. The first-order valence-electron chi connectivity index (χ1n) is 8.39. The van der Waals surface area contributed by atoms with Crippen molar-refractivity contribution in [3.63, 3.8) is 0 Å². The van der Waals surface area contributed by atoms with E-state index in [1.165, 1.54) is 19.5 Å². The minimum atomic E-state index is -0.358. The number of nitrogens with zero attached hydrogens (tertiary/aromatic N) is 2. The number of para-hydroxylation sites is 2. The van der Waals surface area contributed by atoms with Crippen molar-refractivity contribution >= 4 is 34.8 Å². The molecule has 0 saturated carbocycles. The Balaban J connectivity index is 1.75. The summed E-state index contributed by atoms with van der Waals surface area (Å²) in [5.41, 5.74) is 2.37. The van der Waals surface area contributed by atoms with Gasteiger partial charge in [-0.25, -0.2) is 9.97 Å². The Labute approximate surface area is 167 Å². The van der Waals surface area contributed by atoms with Gasteiger partial charge in [-0.05, 0) is 30.7 Å². The molecular formula is C20H19ClN4O3. The number of aromatic nitrogens is 2. The first-order valence-corrected chi connectivity index (χ1v) is 8.77. The van der Waals surface area contributed by atoms with Gasteiger partial charge in [0.1, 0.15) is 11.5 Å². The Hall–Kier alpha value is -3.32. The second-order valence-corrected chi connectivity index (χ2v) is 6.28. The number of anilines is 3. The molecule has 0 aliphatic heterocycles. The van der Waals surface area contributed by atoms with Crippen LogP contribution in [0.5, 0.6) is 11.5 Å². The topological polar surface area (TPSA) is 85.4 Å². The first-order chi connectivity index (χ1) is 13.5. The molecule has 0 saturated heterocycles. The van der Waals surface area contributed by atoms with Crippen LogP contribution >= 0.6 is 11.6 Å². The van der Waals surface area contributed by atoms with E-state index in [9.17, 15) is 4.79 Å². The lowest BCUT2D eigenvalue weighted by atomic mass is 10.2. The number of aryl methyl sites for hydroxylation is 1. The lowest BCUT2D eigenvalue weighted by Crippen LogP contribution is -2.14. The predicted molar refractivity (Wildman–Crippen MR) is 109 cm³/mol. The quantitative estimate of drug-likeness (QED) is 0.638. The summed E-state index contributed by atoms with van der Waals surface area (Å²) >= 11 is 6.10. The van der Waals surface area contributed by atoms with Crippen LogP contribution < -0.4 is 20.1 Å². The van der Waals surface area contributed by atoms with Crippen molar-refractivity contribution in [3.8, 4) is 11.5 Å². The van der Waals surface area contributed by atoms with Crippen molar-refractivity contribution in [1.82, 2.24) is 9.97 Å². The number of carbonyl (C=O) groups excluding carboxylic acids is 1. The zero-order valence-corrected chi connectivity index (χ0v) is 16.4. The highest BCUT2D eigenvalue weighted by Crippen LogP contribution is 2.31. The van der Waals surface area contributed by atoms with Crippen molar-refractivity contribution in [2.45, 2.75) is 6.92 Å². The molecular weight excluding hydrogens is 380 g/mol. The van der Waals surface area contributed by atoms with Crippen molar-refractivity contribution in [2.75, 3.05) is 24.9 Å². The molecule has 8 heteroatoms.